The number of benzene rings is 1. The van der Waals surface area contributed by atoms with Crippen molar-refractivity contribution in [2.45, 2.75) is 27.7 Å². The topological polar surface area (TPSA) is 30.7 Å². The fourth-order valence-corrected chi connectivity index (χ4v) is 2.81. The molecule has 0 N–H and O–H groups in total. The van der Waals surface area contributed by atoms with Gasteiger partial charge in [-0.1, -0.05) is 63.9 Å². The van der Waals surface area contributed by atoms with Crippen molar-refractivity contribution in [1.29, 1.82) is 0 Å². The summed E-state index contributed by atoms with van der Waals surface area (Å²) in [6.45, 7) is 12.8. The maximum absolute atomic E-state index is 4.85. The molecule has 0 bridgehead atoms. The fourth-order valence-electron chi connectivity index (χ4n) is 2.54. The van der Waals surface area contributed by atoms with Crippen LogP contribution < -0.4 is 0 Å². The lowest BCUT2D eigenvalue weighted by Crippen LogP contribution is -2.07. The van der Waals surface area contributed by atoms with Crippen molar-refractivity contribution < 1.29 is 0 Å². The molecule has 0 aliphatic heterocycles. The number of hydrogen-bond acceptors (Lipinski definition) is 3. The minimum atomic E-state index is -0.0386. The van der Waals surface area contributed by atoms with Gasteiger partial charge >= 0.3 is 0 Å². The predicted molar refractivity (Wildman–Crippen MR) is 101 cm³/mol. The van der Waals surface area contributed by atoms with Crippen molar-refractivity contribution in [3.05, 3.63) is 54.4 Å². The van der Waals surface area contributed by atoms with Crippen molar-refractivity contribution in [3.63, 3.8) is 0 Å². The Morgan fingerprint density at radius 1 is 1.26 bits per heavy atom. The molecule has 0 atom stereocenters. The molecule has 0 spiro atoms. The quantitative estimate of drug-likeness (QED) is 0.660. The summed E-state index contributed by atoms with van der Waals surface area (Å²) in [6.07, 6.45) is 3.74. The molecule has 0 saturated heterocycles. The molecule has 118 valence electrons. The van der Waals surface area contributed by atoms with Gasteiger partial charge in [0.1, 0.15) is 5.52 Å². The third-order valence-electron chi connectivity index (χ3n) is 4.02. The largest absolute Gasteiger partial charge is 0.276 e. The van der Waals surface area contributed by atoms with Crippen molar-refractivity contribution in [1.82, 2.24) is 13.9 Å². The fraction of sp³-hybridized carbons (Fsp3) is 0.263. The van der Waals surface area contributed by atoms with E-state index in [0.717, 1.165) is 33.6 Å². The summed E-state index contributed by atoms with van der Waals surface area (Å²) in [5.41, 5.74) is 6.74. The zero-order valence-electron chi connectivity index (χ0n) is 14.0. The second-order valence-corrected chi connectivity index (χ2v) is 7.34. The summed E-state index contributed by atoms with van der Waals surface area (Å²) in [5.74, 6) is 0. The van der Waals surface area contributed by atoms with Crippen LogP contribution in [0.25, 0.3) is 28.0 Å². The Balaban J connectivity index is 2.21. The molecular formula is C19H21N3S. The van der Waals surface area contributed by atoms with Crippen molar-refractivity contribution in [2.24, 2.45) is 5.41 Å². The van der Waals surface area contributed by atoms with Crippen LogP contribution >= 0.6 is 12.8 Å². The summed E-state index contributed by atoms with van der Waals surface area (Å²) < 4.78 is 1.72. The van der Waals surface area contributed by atoms with Gasteiger partial charge in [-0.3, -0.25) is 3.97 Å². The Morgan fingerprint density at radius 3 is 2.65 bits per heavy atom. The van der Waals surface area contributed by atoms with E-state index in [2.05, 4.69) is 70.3 Å². The van der Waals surface area contributed by atoms with Gasteiger partial charge in [0.05, 0.1) is 11.9 Å². The van der Waals surface area contributed by atoms with Gasteiger partial charge in [0.25, 0.3) is 0 Å². The monoisotopic (exact) mass is 323 g/mol. The second-order valence-electron chi connectivity index (χ2n) is 6.91. The van der Waals surface area contributed by atoms with Crippen molar-refractivity contribution in [3.8, 4) is 11.3 Å². The van der Waals surface area contributed by atoms with Crippen LogP contribution in [0.2, 0.25) is 0 Å². The summed E-state index contributed by atoms with van der Waals surface area (Å²) >= 11 is 4.47. The Kier molecular flexibility index (Phi) is 3.80. The van der Waals surface area contributed by atoms with E-state index in [-0.39, 0.29) is 5.41 Å². The molecule has 0 radical (unpaired) electrons. The zero-order valence-corrected chi connectivity index (χ0v) is 14.9. The third kappa shape index (κ3) is 2.91. The zero-order chi connectivity index (χ0) is 16.8. The number of rotatable bonds is 2. The van der Waals surface area contributed by atoms with Crippen LogP contribution in [0.3, 0.4) is 0 Å². The lowest BCUT2D eigenvalue weighted by atomic mass is 9.84. The van der Waals surface area contributed by atoms with E-state index in [1.54, 1.807) is 10.2 Å². The molecule has 2 heterocycles. The van der Waals surface area contributed by atoms with E-state index < -0.39 is 0 Å². The molecule has 23 heavy (non-hydrogen) atoms. The minimum absolute atomic E-state index is 0.0386. The first-order valence-corrected chi connectivity index (χ1v) is 8.01. The second kappa shape index (κ2) is 5.53. The number of thiol groups is 1. The molecule has 0 aliphatic carbocycles. The molecule has 3 rings (SSSR count). The third-order valence-corrected chi connectivity index (χ3v) is 4.33. The molecule has 0 saturated carbocycles. The number of nitrogens with zero attached hydrogens (tertiary/aromatic N) is 3. The standard InChI is InChI=1S/C19H21N3S/c1-12-7-6-8-14(9-12)16-10-20-18-17(21-16)15(11-22(18)23)13(2)19(3,4)5/h6-11,23H,2H2,1,3-5H3. The molecule has 0 unspecified atom stereocenters. The first-order chi connectivity index (χ1) is 10.8. The number of allylic oxidation sites excluding steroid dienone is 1. The average molecular weight is 323 g/mol. The van der Waals surface area contributed by atoms with Crippen LogP contribution in [0.1, 0.15) is 31.9 Å². The number of aryl methyl sites for hydroxylation is 1. The molecule has 4 heteroatoms. The summed E-state index contributed by atoms with van der Waals surface area (Å²) in [7, 11) is 0. The van der Waals surface area contributed by atoms with Gasteiger partial charge in [-0.05, 0) is 24.0 Å². The Bertz CT molecular complexity index is 901. The van der Waals surface area contributed by atoms with E-state index in [9.17, 15) is 0 Å². The highest BCUT2D eigenvalue weighted by Crippen LogP contribution is 2.36. The van der Waals surface area contributed by atoms with E-state index in [4.69, 9.17) is 4.98 Å². The van der Waals surface area contributed by atoms with Gasteiger partial charge in [0.2, 0.25) is 0 Å². The van der Waals surface area contributed by atoms with E-state index in [0.29, 0.717) is 0 Å². The normalized spacial score (nSPS) is 11.9. The summed E-state index contributed by atoms with van der Waals surface area (Å²) in [4.78, 5) is 9.40. The molecular weight excluding hydrogens is 302 g/mol. The van der Waals surface area contributed by atoms with Crippen LogP contribution in [-0.2, 0) is 0 Å². The lowest BCUT2D eigenvalue weighted by molar-refractivity contribution is 0.568. The highest BCUT2D eigenvalue weighted by Gasteiger charge is 2.22. The highest BCUT2D eigenvalue weighted by molar-refractivity contribution is 7.78. The molecule has 0 aliphatic rings. The Morgan fingerprint density at radius 2 is 2.00 bits per heavy atom. The SMILES string of the molecule is C=C(c1cn(S)c2ncc(-c3cccc(C)c3)nc12)C(C)(C)C. The maximum atomic E-state index is 4.85. The van der Waals surface area contributed by atoms with Crippen LogP contribution in [0.4, 0.5) is 0 Å². The van der Waals surface area contributed by atoms with Gasteiger partial charge in [-0.2, -0.15) is 0 Å². The number of hydrogen-bond donors (Lipinski definition) is 1. The van der Waals surface area contributed by atoms with Crippen LogP contribution in [0.5, 0.6) is 0 Å². The van der Waals surface area contributed by atoms with E-state index in [1.807, 2.05) is 12.3 Å². The van der Waals surface area contributed by atoms with E-state index in [1.165, 1.54) is 5.56 Å². The number of aromatic nitrogens is 3. The smallest absolute Gasteiger partial charge is 0.169 e. The molecule has 0 amide bonds. The predicted octanol–water partition coefficient (Wildman–Crippen LogP) is 5.16. The summed E-state index contributed by atoms with van der Waals surface area (Å²) in [5, 5.41) is 0. The van der Waals surface area contributed by atoms with Crippen LogP contribution in [0, 0.1) is 12.3 Å². The lowest BCUT2D eigenvalue weighted by Gasteiger charge is -2.21. The van der Waals surface area contributed by atoms with E-state index >= 15 is 0 Å². The molecule has 1 aromatic carbocycles. The molecule has 3 aromatic rings. The molecule has 0 fully saturated rings. The first kappa shape index (κ1) is 15.8. The highest BCUT2D eigenvalue weighted by atomic mass is 32.1. The summed E-state index contributed by atoms with van der Waals surface area (Å²) in [6, 6.07) is 8.28. The van der Waals surface area contributed by atoms with Gasteiger partial charge in [0, 0.05) is 17.3 Å². The van der Waals surface area contributed by atoms with Gasteiger partial charge in [0.15, 0.2) is 5.65 Å². The Labute approximate surface area is 142 Å². The van der Waals surface area contributed by atoms with Crippen molar-refractivity contribution in [2.75, 3.05) is 0 Å². The van der Waals surface area contributed by atoms with Crippen LogP contribution in [0.15, 0.2) is 43.2 Å². The molecule has 2 aromatic heterocycles. The first-order valence-electron chi connectivity index (χ1n) is 7.61. The minimum Gasteiger partial charge on any atom is -0.276 e. The molecule has 3 nitrogen and oxygen atoms in total. The van der Waals surface area contributed by atoms with Gasteiger partial charge in [-0.15, -0.1) is 0 Å². The maximum Gasteiger partial charge on any atom is 0.169 e. The Hall–Kier alpha value is -2.07. The van der Waals surface area contributed by atoms with Gasteiger partial charge < -0.3 is 0 Å². The van der Waals surface area contributed by atoms with Crippen LogP contribution in [-0.4, -0.2) is 13.9 Å². The number of fused-ring (bicyclic) bond motifs is 1. The van der Waals surface area contributed by atoms with Crippen molar-refractivity contribution >= 4 is 29.6 Å². The van der Waals surface area contributed by atoms with Gasteiger partial charge in [-0.25, -0.2) is 9.97 Å². The average Bonchev–Trinajstić information content (AvgIpc) is 2.82.